The topological polar surface area (TPSA) is 93.3 Å². The van der Waals surface area contributed by atoms with Crippen LogP contribution in [0.15, 0.2) is 4.52 Å². The molecule has 22 heavy (non-hydrogen) atoms. The van der Waals surface area contributed by atoms with Crippen molar-refractivity contribution in [1.29, 1.82) is 0 Å². The van der Waals surface area contributed by atoms with Crippen LogP contribution in [0.1, 0.15) is 64.1 Å². The lowest BCUT2D eigenvalue weighted by molar-refractivity contribution is 0.0256. The highest BCUT2D eigenvalue weighted by atomic mass is 32.2. The summed E-state index contributed by atoms with van der Waals surface area (Å²) in [6.45, 7) is 4.21. The van der Waals surface area contributed by atoms with Crippen LogP contribution in [0, 0.1) is 5.92 Å². The minimum atomic E-state index is -3.46. The van der Waals surface area contributed by atoms with Crippen molar-refractivity contribution in [1.82, 2.24) is 10.1 Å². The molecular weight excluding hydrogens is 304 g/mol. The van der Waals surface area contributed by atoms with Crippen molar-refractivity contribution >= 4 is 9.84 Å². The normalized spacial score (nSPS) is 18.7. The molecule has 0 saturated heterocycles. The average molecular weight is 330 g/mol. The Bertz CT molecular complexity index is 574. The Hall–Kier alpha value is -0.950. The van der Waals surface area contributed by atoms with Crippen molar-refractivity contribution in [3.05, 3.63) is 11.7 Å². The zero-order chi connectivity index (χ0) is 16.2. The molecule has 1 aromatic rings. The summed E-state index contributed by atoms with van der Waals surface area (Å²) in [4.78, 5) is 4.14. The number of hydrogen-bond donors (Lipinski definition) is 1. The first kappa shape index (κ1) is 17.4. The molecule has 7 heteroatoms. The molecule has 1 heterocycles. The molecule has 1 aromatic heterocycles. The van der Waals surface area contributed by atoms with E-state index in [2.05, 4.69) is 24.0 Å². The lowest BCUT2D eigenvalue weighted by atomic mass is 9.86. The van der Waals surface area contributed by atoms with E-state index in [4.69, 9.17) is 4.52 Å². The molecule has 0 spiro atoms. The Balaban J connectivity index is 1.93. The van der Waals surface area contributed by atoms with Gasteiger partial charge in [-0.25, -0.2) is 8.42 Å². The van der Waals surface area contributed by atoms with Crippen molar-refractivity contribution in [2.45, 2.75) is 70.1 Å². The Kier molecular flexibility index (Phi) is 5.60. The molecule has 1 N–H and O–H groups in total. The van der Waals surface area contributed by atoms with Gasteiger partial charge in [-0.05, 0) is 25.2 Å². The van der Waals surface area contributed by atoms with Crippen LogP contribution >= 0.6 is 0 Å². The van der Waals surface area contributed by atoms with Gasteiger partial charge in [-0.3, -0.25) is 0 Å². The minimum absolute atomic E-state index is 0.123. The van der Waals surface area contributed by atoms with E-state index in [9.17, 15) is 13.5 Å². The van der Waals surface area contributed by atoms with Crippen molar-refractivity contribution in [3.63, 3.8) is 0 Å². The van der Waals surface area contributed by atoms with Crippen molar-refractivity contribution in [2.75, 3.05) is 5.75 Å². The molecule has 126 valence electrons. The second-order valence-electron chi connectivity index (χ2n) is 6.85. The van der Waals surface area contributed by atoms with Gasteiger partial charge < -0.3 is 9.63 Å². The van der Waals surface area contributed by atoms with Gasteiger partial charge in [-0.15, -0.1) is 0 Å². The lowest BCUT2D eigenvalue weighted by Gasteiger charge is -2.31. The average Bonchev–Trinajstić information content (AvgIpc) is 2.82. The van der Waals surface area contributed by atoms with Crippen LogP contribution in [0.4, 0.5) is 0 Å². The van der Waals surface area contributed by atoms with E-state index in [-0.39, 0.29) is 17.4 Å². The molecule has 2 rings (SSSR count). The molecule has 0 atom stereocenters. The van der Waals surface area contributed by atoms with Gasteiger partial charge in [-0.1, -0.05) is 38.3 Å². The molecule has 0 unspecified atom stereocenters. The van der Waals surface area contributed by atoms with Crippen LogP contribution < -0.4 is 0 Å². The Morgan fingerprint density at radius 2 is 1.95 bits per heavy atom. The molecule has 1 aliphatic carbocycles. The number of aryl methyl sites for hydroxylation is 1. The van der Waals surface area contributed by atoms with Gasteiger partial charge in [0.2, 0.25) is 5.89 Å². The van der Waals surface area contributed by atoms with Crippen LogP contribution in [-0.4, -0.2) is 35.0 Å². The fourth-order valence-electron chi connectivity index (χ4n) is 2.87. The monoisotopic (exact) mass is 330 g/mol. The van der Waals surface area contributed by atoms with Crippen LogP contribution in [0.2, 0.25) is 0 Å². The zero-order valence-electron chi connectivity index (χ0n) is 13.4. The summed E-state index contributed by atoms with van der Waals surface area (Å²) in [5.41, 5.74) is -1.09. The number of aromatic nitrogens is 2. The van der Waals surface area contributed by atoms with Crippen molar-refractivity contribution in [2.24, 2.45) is 5.92 Å². The largest absolute Gasteiger partial charge is 0.389 e. The van der Waals surface area contributed by atoms with Crippen LogP contribution in [0.5, 0.6) is 0 Å². The Morgan fingerprint density at radius 3 is 2.59 bits per heavy atom. The summed E-state index contributed by atoms with van der Waals surface area (Å²) in [6, 6.07) is 0. The van der Waals surface area contributed by atoms with Gasteiger partial charge in [0.15, 0.2) is 15.7 Å². The second-order valence-corrected chi connectivity index (χ2v) is 8.92. The maximum Gasteiger partial charge on any atom is 0.241 e. The zero-order valence-corrected chi connectivity index (χ0v) is 14.2. The fraction of sp³-hybridized carbons (Fsp3) is 0.867. The SMILES string of the molecule is CC(C)CCc1noc(CS(=O)(=O)CC2(O)CCCCC2)n1. The van der Waals surface area contributed by atoms with Gasteiger partial charge in [0.1, 0.15) is 5.75 Å². The number of rotatable bonds is 7. The summed E-state index contributed by atoms with van der Waals surface area (Å²) in [7, 11) is -3.46. The standard InChI is InChI=1S/C15H26N2O4S/c1-12(2)6-7-13-16-14(21-17-13)10-22(19,20)11-15(18)8-4-3-5-9-15/h12,18H,3-11H2,1-2H3. The summed E-state index contributed by atoms with van der Waals surface area (Å²) in [6.07, 6.45) is 5.55. The summed E-state index contributed by atoms with van der Waals surface area (Å²) in [5, 5.41) is 14.2. The Morgan fingerprint density at radius 1 is 1.27 bits per heavy atom. The maximum absolute atomic E-state index is 12.3. The third-order valence-corrected chi connectivity index (χ3v) is 5.74. The van der Waals surface area contributed by atoms with E-state index in [1.165, 1.54) is 0 Å². The summed E-state index contributed by atoms with van der Waals surface area (Å²) in [5.74, 6) is 0.702. The third kappa shape index (κ3) is 5.35. The summed E-state index contributed by atoms with van der Waals surface area (Å²) >= 11 is 0. The maximum atomic E-state index is 12.3. The number of sulfone groups is 1. The van der Waals surface area contributed by atoms with E-state index >= 15 is 0 Å². The lowest BCUT2D eigenvalue weighted by Crippen LogP contribution is -2.39. The van der Waals surface area contributed by atoms with Crippen LogP contribution in [0.3, 0.4) is 0 Å². The fourth-order valence-corrected chi connectivity index (χ4v) is 4.57. The number of hydrogen-bond acceptors (Lipinski definition) is 6. The highest BCUT2D eigenvalue weighted by Crippen LogP contribution is 2.30. The predicted octanol–water partition coefficient (Wildman–Crippen LogP) is 2.27. The third-order valence-electron chi connectivity index (χ3n) is 4.07. The first-order valence-corrected chi connectivity index (χ1v) is 9.84. The number of nitrogens with zero attached hydrogens (tertiary/aromatic N) is 2. The molecule has 0 aliphatic heterocycles. The first-order valence-electron chi connectivity index (χ1n) is 8.02. The van der Waals surface area contributed by atoms with Crippen LogP contribution in [0.25, 0.3) is 0 Å². The van der Waals surface area contributed by atoms with E-state index in [1.54, 1.807) is 0 Å². The van der Waals surface area contributed by atoms with Crippen molar-refractivity contribution in [3.8, 4) is 0 Å². The van der Waals surface area contributed by atoms with E-state index in [1.807, 2.05) is 0 Å². The number of aliphatic hydroxyl groups is 1. The van der Waals surface area contributed by atoms with Crippen molar-refractivity contribution < 1.29 is 18.0 Å². The van der Waals surface area contributed by atoms with Crippen LogP contribution in [-0.2, 0) is 22.0 Å². The molecule has 0 radical (unpaired) electrons. The molecule has 0 amide bonds. The smallest absolute Gasteiger partial charge is 0.241 e. The summed E-state index contributed by atoms with van der Waals surface area (Å²) < 4.78 is 29.6. The molecule has 0 aromatic carbocycles. The van der Waals surface area contributed by atoms with Gasteiger partial charge in [-0.2, -0.15) is 4.98 Å². The molecule has 1 aliphatic rings. The second kappa shape index (κ2) is 7.08. The molecule has 1 fully saturated rings. The van der Waals surface area contributed by atoms with Gasteiger partial charge in [0.05, 0.1) is 11.4 Å². The predicted molar refractivity (Wildman–Crippen MR) is 83.0 cm³/mol. The quantitative estimate of drug-likeness (QED) is 0.824. The first-order chi connectivity index (χ1) is 10.3. The molecular formula is C15H26N2O4S. The van der Waals surface area contributed by atoms with Gasteiger partial charge >= 0.3 is 0 Å². The molecule has 1 saturated carbocycles. The highest BCUT2D eigenvalue weighted by Gasteiger charge is 2.35. The molecule has 0 bridgehead atoms. The Labute approximate surface area is 132 Å². The highest BCUT2D eigenvalue weighted by molar-refractivity contribution is 7.90. The molecule has 6 nitrogen and oxygen atoms in total. The van der Waals surface area contributed by atoms with Gasteiger partial charge in [0, 0.05) is 6.42 Å². The van der Waals surface area contributed by atoms with E-state index < -0.39 is 15.4 Å². The minimum Gasteiger partial charge on any atom is -0.389 e. The van der Waals surface area contributed by atoms with E-state index in [0.29, 0.717) is 31.0 Å². The van der Waals surface area contributed by atoms with Gasteiger partial charge in [0.25, 0.3) is 0 Å². The van der Waals surface area contributed by atoms with E-state index in [0.717, 1.165) is 25.7 Å².